The van der Waals surface area contributed by atoms with Crippen LogP contribution in [0.2, 0.25) is 0 Å². The van der Waals surface area contributed by atoms with Crippen LogP contribution < -0.4 is 9.47 Å². The molecule has 23 heavy (non-hydrogen) atoms. The molecule has 0 spiro atoms. The van der Waals surface area contributed by atoms with E-state index in [1.807, 2.05) is 43.3 Å². The Morgan fingerprint density at radius 3 is 1.83 bits per heavy atom. The second kappa shape index (κ2) is 6.86. The average Bonchev–Trinajstić information content (AvgIpc) is 2.58. The van der Waals surface area contributed by atoms with Crippen molar-refractivity contribution in [3.8, 4) is 11.5 Å². The molecule has 0 fully saturated rings. The maximum Gasteiger partial charge on any atom is 0.135 e. The van der Waals surface area contributed by atoms with Gasteiger partial charge >= 0.3 is 0 Å². The number of benzene rings is 3. The Bertz CT molecular complexity index is 826. The lowest BCUT2D eigenvalue weighted by Gasteiger charge is -2.17. The van der Waals surface area contributed by atoms with Gasteiger partial charge in [-0.15, -0.1) is 0 Å². The van der Waals surface area contributed by atoms with Crippen molar-refractivity contribution >= 4 is 21.5 Å². The topological polar surface area (TPSA) is 58.9 Å². The van der Waals surface area contributed by atoms with E-state index in [-0.39, 0.29) is 26.4 Å². The van der Waals surface area contributed by atoms with Crippen molar-refractivity contribution in [1.29, 1.82) is 0 Å². The van der Waals surface area contributed by atoms with E-state index < -0.39 is 0 Å². The molecular formula is C19H20O4. The fourth-order valence-electron chi connectivity index (χ4n) is 2.82. The summed E-state index contributed by atoms with van der Waals surface area (Å²) in [5.74, 6) is 1.51. The van der Waals surface area contributed by atoms with Gasteiger partial charge in [-0.1, -0.05) is 42.0 Å². The summed E-state index contributed by atoms with van der Waals surface area (Å²) < 4.78 is 11.7. The first-order chi connectivity index (χ1) is 11.3. The number of aliphatic hydroxyl groups is 2. The minimum atomic E-state index is -0.0373. The molecular weight excluding hydrogens is 292 g/mol. The van der Waals surface area contributed by atoms with E-state index in [2.05, 4.69) is 6.07 Å². The normalized spacial score (nSPS) is 11.1. The van der Waals surface area contributed by atoms with Gasteiger partial charge in [-0.25, -0.2) is 0 Å². The summed E-state index contributed by atoms with van der Waals surface area (Å²) in [5.41, 5.74) is 1.12. The lowest BCUT2D eigenvalue weighted by molar-refractivity contribution is 0.202. The maximum atomic E-state index is 9.12. The summed E-state index contributed by atoms with van der Waals surface area (Å²) in [5, 5.41) is 22.0. The Balaban J connectivity index is 2.35. The van der Waals surface area contributed by atoms with Crippen LogP contribution in [0.1, 0.15) is 5.56 Å². The highest BCUT2D eigenvalue weighted by Crippen LogP contribution is 2.42. The predicted octanol–water partition coefficient (Wildman–Crippen LogP) is 3.04. The highest BCUT2D eigenvalue weighted by atomic mass is 16.5. The fraction of sp³-hybridized carbons (Fsp3) is 0.263. The summed E-state index contributed by atoms with van der Waals surface area (Å²) in [6.07, 6.45) is 0. The number of fused-ring (bicyclic) bond motifs is 2. The van der Waals surface area contributed by atoms with Crippen molar-refractivity contribution in [2.75, 3.05) is 26.4 Å². The van der Waals surface area contributed by atoms with Crippen molar-refractivity contribution < 1.29 is 19.7 Å². The standard InChI is InChI=1S/C19H20O4/c1-13-6-7-16-17(12-13)19(23-11-9-21)15-5-3-2-4-14(15)18(16)22-10-8-20/h2-7,12,20-21H,8-11H2,1H3. The third kappa shape index (κ3) is 2.96. The molecule has 0 amide bonds. The predicted molar refractivity (Wildman–Crippen MR) is 91.4 cm³/mol. The summed E-state index contributed by atoms with van der Waals surface area (Å²) in [7, 11) is 0. The number of ether oxygens (including phenoxy) is 2. The molecule has 0 aromatic heterocycles. The average molecular weight is 312 g/mol. The molecule has 2 N–H and O–H groups in total. The molecule has 3 aromatic carbocycles. The molecule has 4 nitrogen and oxygen atoms in total. The van der Waals surface area contributed by atoms with Crippen molar-refractivity contribution in [2.24, 2.45) is 0 Å². The van der Waals surface area contributed by atoms with Gasteiger partial charge in [0.05, 0.1) is 13.2 Å². The molecule has 3 rings (SSSR count). The molecule has 0 radical (unpaired) electrons. The molecule has 0 aliphatic carbocycles. The summed E-state index contributed by atoms with van der Waals surface area (Å²) >= 11 is 0. The smallest absolute Gasteiger partial charge is 0.135 e. The minimum absolute atomic E-state index is 0.0373. The molecule has 0 saturated heterocycles. The van der Waals surface area contributed by atoms with E-state index >= 15 is 0 Å². The highest BCUT2D eigenvalue weighted by molar-refractivity contribution is 6.11. The zero-order valence-electron chi connectivity index (χ0n) is 13.1. The summed E-state index contributed by atoms with van der Waals surface area (Å²) in [4.78, 5) is 0. The van der Waals surface area contributed by atoms with Gasteiger partial charge in [0.15, 0.2) is 0 Å². The Kier molecular flexibility index (Phi) is 4.65. The molecule has 0 atom stereocenters. The lowest BCUT2D eigenvalue weighted by atomic mass is 9.99. The largest absolute Gasteiger partial charge is 0.490 e. The third-order valence-corrected chi connectivity index (χ3v) is 3.76. The Morgan fingerprint density at radius 1 is 0.739 bits per heavy atom. The van der Waals surface area contributed by atoms with Crippen molar-refractivity contribution in [1.82, 2.24) is 0 Å². The number of aliphatic hydroxyl groups excluding tert-OH is 2. The van der Waals surface area contributed by atoms with Gasteiger partial charge in [0.2, 0.25) is 0 Å². The van der Waals surface area contributed by atoms with Crippen LogP contribution in [-0.2, 0) is 0 Å². The Hall–Kier alpha value is -2.30. The van der Waals surface area contributed by atoms with E-state index in [4.69, 9.17) is 19.7 Å². The summed E-state index contributed by atoms with van der Waals surface area (Å²) in [6.45, 7) is 2.43. The van der Waals surface area contributed by atoms with Crippen LogP contribution in [0, 0.1) is 6.92 Å². The SMILES string of the molecule is Cc1ccc2c(OCCO)c3ccccc3c(OCCO)c2c1. The van der Waals surface area contributed by atoms with E-state index in [0.29, 0.717) is 0 Å². The van der Waals surface area contributed by atoms with Crippen LogP contribution in [-0.4, -0.2) is 36.6 Å². The van der Waals surface area contributed by atoms with Gasteiger partial charge < -0.3 is 19.7 Å². The molecule has 0 unspecified atom stereocenters. The van der Waals surface area contributed by atoms with Gasteiger partial charge in [0.1, 0.15) is 24.7 Å². The van der Waals surface area contributed by atoms with Crippen molar-refractivity contribution in [2.45, 2.75) is 6.92 Å². The first-order valence-corrected chi connectivity index (χ1v) is 7.68. The highest BCUT2D eigenvalue weighted by Gasteiger charge is 2.16. The van der Waals surface area contributed by atoms with E-state index in [1.54, 1.807) is 0 Å². The minimum Gasteiger partial charge on any atom is -0.490 e. The van der Waals surface area contributed by atoms with Crippen LogP contribution in [0.4, 0.5) is 0 Å². The second-order valence-electron chi connectivity index (χ2n) is 5.40. The van der Waals surface area contributed by atoms with Crippen LogP contribution in [0.25, 0.3) is 21.5 Å². The monoisotopic (exact) mass is 312 g/mol. The Morgan fingerprint density at radius 2 is 1.26 bits per heavy atom. The number of hydrogen-bond donors (Lipinski definition) is 2. The fourth-order valence-corrected chi connectivity index (χ4v) is 2.82. The maximum absolute atomic E-state index is 9.12. The quantitative estimate of drug-likeness (QED) is 0.687. The molecule has 4 heteroatoms. The van der Waals surface area contributed by atoms with Gasteiger partial charge in [-0.2, -0.15) is 0 Å². The molecule has 0 bridgehead atoms. The second-order valence-corrected chi connectivity index (χ2v) is 5.40. The number of rotatable bonds is 6. The molecule has 0 aliphatic heterocycles. The first-order valence-electron chi connectivity index (χ1n) is 7.68. The number of aryl methyl sites for hydroxylation is 1. The van der Waals surface area contributed by atoms with Crippen molar-refractivity contribution in [3.05, 3.63) is 48.0 Å². The van der Waals surface area contributed by atoms with Crippen LogP contribution >= 0.6 is 0 Å². The molecule has 3 aromatic rings. The summed E-state index contributed by atoms with van der Waals surface area (Å²) in [6, 6.07) is 14.0. The van der Waals surface area contributed by atoms with Gasteiger partial charge in [0, 0.05) is 21.5 Å². The third-order valence-electron chi connectivity index (χ3n) is 3.76. The molecule has 120 valence electrons. The van der Waals surface area contributed by atoms with Crippen LogP contribution in [0.5, 0.6) is 11.5 Å². The van der Waals surface area contributed by atoms with E-state index in [9.17, 15) is 0 Å². The zero-order chi connectivity index (χ0) is 16.2. The molecule has 0 heterocycles. The zero-order valence-corrected chi connectivity index (χ0v) is 13.1. The van der Waals surface area contributed by atoms with Gasteiger partial charge in [-0.05, 0) is 13.0 Å². The molecule has 0 aliphatic rings. The Labute approximate surface area is 134 Å². The van der Waals surface area contributed by atoms with Gasteiger partial charge in [0.25, 0.3) is 0 Å². The van der Waals surface area contributed by atoms with E-state index in [1.165, 1.54) is 0 Å². The van der Waals surface area contributed by atoms with E-state index in [0.717, 1.165) is 38.6 Å². The van der Waals surface area contributed by atoms with Gasteiger partial charge in [-0.3, -0.25) is 0 Å². The van der Waals surface area contributed by atoms with Crippen LogP contribution in [0.3, 0.4) is 0 Å². The van der Waals surface area contributed by atoms with Crippen LogP contribution in [0.15, 0.2) is 42.5 Å². The molecule has 0 saturated carbocycles. The first kappa shape index (κ1) is 15.6. The lowest BCUT2D eigenvalue weighted by Crippen LogP contribution is -2.05. The number of hydrogen-bond acceptors (Lipinski definition) is 4. The van der Waals surface area contributed by atoms with Crippen molar-refractivity contribution in [3.63, 3.8) is 0 Å².